The predicted molar refractivity (Wildman–Crippen MR) is 72.2 cm³/mol. The molecule has 18 heavy (non-hydrogen) atoms. The van der Waals surface area contributed by atoms with Gasteiger partial charge in [-0.3, -0.25) is 4.79 Å². The molecule has 0 aromatic heterocycles. The molecular formula is C15H26N2O. The van der Waals surface area contributed by atoms with E-state index in [1.54, 1.807) is 0 Å². The molecule has 3 rings (SSSR count). The highest BCUT2D eigenvalue weighted by molar-refractivity contribution is 5.76. The van der Waals surface area contributed by atoms with Crippen LogP contribution in [0.1, 0.15) is 44.9 Å². The molecule has 1 saturated heterocycles. The van der Waals surface area contributed by atoms with Gasteiger partial charge in [0.25, 0.3) is 0 Å². The molecule has 0 radical (unpaired) electrons. The average molecular weight is 250 g/mol. The second-order valence-electron chi connectivity index (χ2n) is 6.78. The van der Waals surface area contributed by atoms with Gasteiger partial charge in [0, 0.05) is 12.5 Å². The van der Waals surface area contributed by atoms with Crippen molar-refractivity contribution in [3.63, 3.8) is 0 Å². The highest BCUT2D eigenvalue weighted by Gasteiger charge is 2.40. The summed E-state index contributed by atoms with van der Waals surface area (Å²) in [5.74, 6) is 2.85. The largest absolute Gasteiger partial charge is 0.353 e. The quantitative estimate of drug-likeness (QED) is 0.831. The van der Waals surface area contributed by atoms with Gasteiger partial charge in [-0.25, -0.2) is 0 Å². The molecule has 1 aliphatic heterocycles. The zero-order chi connectivity index (χ0) is 12.5. The van der Waals surface area contributed by atoms with Gasteiger partial charge in [-0.15, -0.1) is 0 Å². The number of hydrogen-bond donors (Lipinski definition) is 1. The molecule has 3 fully saturated rings. The maximum atomic E-state index is 12.1. The molecule has 3 aliphatic rings. The fourth-order valence-electron chi connectivity index (χ4n) is 4.30. The Hall–Kier alpha value is -0.570. The number of carbonyl (C=O) groups excluding carboxylic acids is 1. The number of nitrogens with zero attached hydrogens (tertiary/aromatic N) is 1. The molecule has 2 aliphatic carbocycles. The number of fused-ring (bicyclic) bond motifs is 2. The van der Waals surface area contributed by atoms with E-state index >= 15 is 0 Å². The number of likely N-dealkylation sites (tertiary alicyclic amines) is 1. The minimum absolute atomic E-state index is 0.321. The standard InChI is InChI=1S/C15H26N2O/c1-17-6-4-14(5-7-17)16-15(18)10-13-9-11-2-3-12(13)8-11/h11-14H,2-10H2,1H3,(H,16,18)/t11-,12-,13+/m0/s1. The van der Waals surface area contributed by atoms with Crippen molar-refractivity contribution in [2.75, 3.05) is 20.1 Å². The summed E-state index contributed by atoms with van der Waals surface area (Å²) >= 11 is 0. The number of nitrogens with one attached hydrogen (secondary N) is 1. The Morgan fingerprint density at radius 1 is 1.17 bits per heavy atom. The lowest BCUT2D eigenvalue weighted by Crippen LogP contribution is -2.43. The maximum Gasteiger partial charge on any atom is 0.220 e. The van der Waals surface area contributed by atoms with E-state index in [0.29, 0.717) is 17.9 Å². The molecular weight excluding hydrogens is 224 g/mol. The van der Waals surface area contributed by atoms with Crippen LogP contribution in [0.15, 0.2) is 0 Å². The molecule has 1 amide bonds. The second-order valence-corrected chi connectivity index (χ2v) is 6.78. The highest BCUT2D eigenvalue weighted by Crippen LogP contribution is 2.49. The Balaban J connectivity index is 1.42. The molecule has 0 aromatic carbocycles. The molecule has 2 saturated carbocycles. The van der Waals surface area contributed by atoms with E-state index in [9.17, 15) is 4.79 Å². The van der Waals surface area contributed by atoms with Crippen LogP contribution in [0.25, 0.3) is 0 Å². The third-order valence-corrected chi connectivity index (χ3v) is 5.42. The molecule has 0 unspecified atom stereocenters. The summed E-state index contributed by atoms with van der Waals surface area (Å²) in [4.78, 5) is 14.4. The normalized spacial score (nSPS) is 37.1. The van der Waals surface area contributed by atoms with Gasteiger partial charge in [0.2, 0.25) is 5.91 Å². The predicted octanol–water partition coefficient (Wildman–Crippen LogP) is 2.02. The van der Waals surface area contributed by atoms with Crippen LogP contribution >= 0.6 is 0 Å². The molecule has 3 atom stereocenters. The monoisotopic (exact) mass is 250 g/mol. The molecule has 2 bridgehead atoms. The summed E-state index contributed by atoms with van der Waals surface area (Å²) in [6, 6.07) is 0.437. The van der Waals surface area contributed by atoms with E-state index in [1.807, 2.05) is 0 Å². The first kappa shape index (κ1) is 12.5. The molecule has 1 heterocycles. The van der Waals surface area contributed by atoms with Crippen LogP contribution in [0, 0.1) is 17.8 Å². The van der Waals surface area contributed by atoms with Gasteiger partial charge in [-0.2, -0.15) is 0 Å². The van der Waals surface area contributed by atoms with Crippen LogP contribution in [-0.2, 0) is 4.79 Å². The second kappa shape index (κ2) is 5.20. The van der Waals surface area contributed by atoms with E-state index < -0.39 is 0 Å². The van der Waals surface area contributed by atoms with Crippen LogP contribution in [0.5, 0.6) is 0 Å². The summed E-state index contributed by atoms with van der Waals surface area (Å²) in [7, 11) is 2.16. The van der Waals surface area contributed by atoms with Crippen LogP contribution < -0.4 is 5.32 Å². The van der Waals surface area contributed by atoms with Crippen molar-refractivity contribution in [1.82, 2.24) is 10.2 Å². The molecule has 102 valence electrons. The first-order valence-corrected chi connectivity index (χ1v) is 7.68. The lowest BCUT2D eigenvalue weighted by atomic mass is 9.86. The van der Waals surface area contributed by atoms with E-state index in [-0.39, 0.29) is 0 Å². The fraction of sp³-hybridized carbons (Fsp3) is 0.933. The van der Waals surface area contributed by atoms with Crippen LogP contribution in [-0.4, -0.2) is 37.0 Å². The minimum atomic E-state index is 0.321. The summed E-state index contributed by atoms with van der Waals surface area (Å²) in [6.45, 7) is 2.25. The van der Waals surface area contributed by atoms with Crippen molar-refractivity contribution >= 4 is 5.91 Å². The SMILES string of the molecule is CN1CCC(NC(=O)C[C@H]2C[C@H]3CC[C@H]2C3)CC1. The van der Waals surface area contributed by atoms with Gasteiger partial charge >= 0.3 is 0 Å². The van der Waals surface area contributed by atoms with Crippen LogP contribution in [0.3, 0.4) is 0 Å². The number of hydrogen-bond acceptors (Lipinski definition) is 2. The Kier molecular flexibility index (Phi) is 3.60. The Morgan fingerprint density at radius 2 is 1.94 bits per heavy atom. The Labute approximate surface area is 110 Å². The minimum Gasteiger partial charge on any atom is -0.353 e. The van der Waals surface area contributed by atoms with E-state index in [1.165, 1.54) is 25.7 Å². The Bertz CT molecular complexity index is 310. The molecule has 0 aromatic rings. The van der Waals surface area contributed by atoms with Crippen molar-refractivity contribution in [3.05, 3.63) is 0 Å². The Morgan fingerprint density at radius 3 is 2.56 bits per heavy atom. The van der Waals surface area contributed by atoms with E-state index in [4.69, 9.17) is 0 Å². The number of amides is 1. The van der Waals surface area contributed by atoms with Crippen molar-refractivity contribution in [1.29, 1.82) is 0 Å². The third-order valence-electron chi connectivity index (χ3n) is 5.42. The number of piperidine rings is 1. The van der Waals surface area contributed by atoms with Gasteiger partial charge in [-0.1, -0.05) is 6.42 Å². The van der Waals surface area contributed by atoms with Crippen molar-refractivity contribution in [2.45, 2.75) is 51.0 Å². The smallest absolute Gasteiger partial charge is 0.220 e. The van der Waals surface area contributed by atoms with Crippen molar-refractivity contribution in [3.8, 4) is 0 Å². The lowest BCUT2D eigenvalue weighted by molar-refractivity contribution is -0.123. The summed E-state index contributed by atoms with van der Waals surface area (Å²) < 4.78 is 0. The van der Waals surface area contributed by atoms with Crippen molar-refractivity contribution < 1.29 is 4.79 Å². The van der Waals surface area contributed by atoms with Gasteiger partial charge in [0.1, 0.15) is 0 Å². The van der Waals surface area contributed by atoms with Crippen molar-refractivity contribution in [2.24, 2.45) is 17.8 Å². The topological polar surface area (TPSA) is 32.3 Å². The molecule has 3 heteroatoms. The van der Waals surface area contributed by atoms with Crippen LogP contribution in [0.4, 0.5) is 0 Å². The summed E-state index contributed by atoms with van der Waals surface area (Å²) in [5.41, 5.74) is 0. The third kappa shape index (κ3) is 2.71. The first-order valence-electron chi connectivity index (χ1n) is 7.68. The lowest BCUT2D eigenvalue weighted by Gasteiger charge is -2.30. The fourth-order valence-corrected chi connectivity index (χ4v) is 4.30. The maximum absolute atomic E-state index is 12.1. The summed E-state index contributed by atoms with van der Waals surface area (Å²) in [6.07, 6.45) is 8.59. The molecule has 1 N–H and O–H groups in total. The average Bonchev–Trinajstić information content (AvgIpc) is 2.94. The highest BCUT2D eigenvalue weighted by atomic mass is 16.1. The molecule has 0 spiro atoms. The number of rotatable bonds is 3. The van der Waals surface area contributed by atoms with Crippen LogP contribution in [0.2, 0.25) is 0 Å². The zero-order valence-corrected chi connectivity index (χ0v) is 11.5. The van der Waals surface area contributed by atoms with Gasteiger partial charge in [0.05, 0.1) is 0 Å². The van der Waals surface area contributed by atoms with Gasteiger partial charge in [0.15, 0.2) is 0 Å². The summed E-state index contributed by atoms with van der Waals surface area (Å²) in [5, 5.41) is 3.26. The number of carbonyl (C=O) groups is 1. The zero-order valence-electron chi connectivity index (χ0n) is 11.5. The van der Waals surface area contributed by atoms with E-state index in [0.717, 1.165) is 44.2 Å². The van der Waals surface area contributed by atoms with E-state index in [2.05, 4.69) is 17.3 Å². The first-order chi connectivity index (χ1) is 8.70. The van der Waals surface area contributed by atoms with Gasteiger partial charge < -0.3 is 10.2 Å². The molecule has 3 nitrogen and oxygen atoms in total. The van der Waals surface area contributed by atoms with Gasteiger partial charge in [-0.05, 0) is 70.0 Å².